The van der Waals surface area contributed by atoms with Crippen LogP contribution in [0.25, 0.3) is 0 Å². The van der Waals surface area contributed by atoms with Crippen molar-refractivity contribution in [1.29, 1.82) is 5.26 Å². The van der Waals surface area contributed by atoms with Crippen molar-refractivity contribution in [3.63, 3.8) is 0 Å². The van der Waals surface area contributed by atoms with Gasteiger partial charge in [-0.3, -0.25) is 0 Å². The molecule has 1 aromatic heterocycles. The fourth-order valence-corrected chi connectivity index (χ4v) is 5.14. The predicted octanol–water partition coefficient (Wildman–Crippen LogP) is 6.35. The van der Waals surface area contributed by atoms with Crippen molar-refractivity contribution in [2.75, 3.05) is 13.1 Å². The summed E-state index contributed by atoms with van der Waals surface area (Å²) in [7, 11) is 0. The smallest absolute Gasteiger partial charge is 0.410 e. The monoisotopic (exact) mass is 479 g/mol. The van der Waals surface area contributed by atoms with E-state index < -0.39 is 11.4 Å². The van der Waals surface area contributed by atoms with Gasteiger partial charge >= 0.3 is 6.09 Å². The highest BCUT2D eigenvalue weighted by Gasteiger charge is 2.40. The second-order valence-electron chi connectivity index (χ2n) is 10.8. The Labute approximate surface area is 207 Å². The number of rotatable bonds is 4. The highest BCUT2D eigenvalue weighted by molar-refractivity contribution is 5.68. The summed E-state index contributed by atoms with van der Waals surface area (Å²) in [6.45, 7) is 7.28. The van der Waals surface area contributed by atoms with Crippen LogP contribution in [0.3, 0.4) is 0 Å². The first-order valence-corrected chi connectivity index (χ1v) is 12.4. The van der Waals surface area contributed by atoms with Gasteiger partial charge in [0.15, 0.2) is 0 Å². The van der Waals surface area contributed by atoms with Gasteiger partial charge in [0.05, 0.1) is 11.6 Å². The van der Waals surface area contributed by atoms with Crippen molar-refractivity contribution in [3.05, 3.63) is 59.0 Å². The third-order valence-electron chi connectivity index (χ3n) is 7.24. The first-order chi connectivity index (χ1) is 16.7. The molecule has 1 amide bonds. The van der Waals surface area contributed by atoms with Gasteiger partial charge in [-0.2, -0.15) is 5.26 Å². The number of hydrogen-bond donors (Lipinski definition) is 0. The number of carbonyl (C=O) groups is 1. The summed E-state index contributed by atoms with van der Waals surface area (Å²) in [4.78, 5) is 19.0. The molecule has 35 heavy (non-hydrogen) atoms. The summed E-state index contributed by atoms with van der Waals surface area (Å²) in [5.74, 6) is 0.410. The number of likely N-dealkylation sites (tertiary alicyclic amines) is 1. The number of nitrogens with zero attached hydrogens (tertiary/aromatic N) is 3. The molecule has 1 aliphatic carbocycles. The average molecular weight is 480 g/mol. The Kier molecular flexibility index (Phi) is 7.30. The molecule has 0 atom stereocenters. The van der Waals surface area contributed by atoms with Gasteiger partial charge in [0.1, 0.15) is 18.0 Å². The Hall–Kier alpha value is -3.14. The largest absolute Gasteiger partial charge is 0.473 e. The third-order valence-corrected chi connectivity index (χ3v) is 7.24. The van der Waals surface area contributed by atoms with E-state index in [0.717, 1.165) is 57.3 Å². The SMILES string of the molecule is CC(C)(C)OC(=O)N1CCC2(CCC(c3cccc(OCc4ccc(C#N)cc4F)n3)CC2)CC1. The van der Waals surface area contributed by atoms with Gasteiger partial charge in [-0.15, -0.1) is 0 Å². The minimum absolute atomic E-state index is 0.0654. The van der Waals surface area contributed by atoms with Crippen molar-refractivity contribution in [2.24, 2.45) is 5.41 Å². The zero-order valence-corrected chi connectivity index (χ0v) is 20.8. The Morgan fingerprint density at radius 1 is 1.17 bits per heavy atom. The highest BCUT2D eigenvalue weighted by atomic mass is 19.1. The van der Waals surface area contributed by atoms with Crippen LogP contribution < -0.4 is 4.74 Å². The number of pyridine rings is 1. The molecule has 7 heteroatoms. The second-order valence-corrected chi connectivity index (χ2v) is 10.8. The summed E-state index contributed by atoms with van der Waals surface area (Å²) >= 11 is 0. The summed E-state index contributed by atoms with van der Waals surface area (Å²) in [5, 5.41) is 8.89. The molecule has 1 spiro atoms. The molecule has 0 unspecified atom stereocenters. The van der Waals surface area contributed by atoms with Crippen LogP contribution >= 0.6 is 0 Å². The van der Waals surface area contributed by atoms with Crippen molar-refractivity contribution in [1.82, 2.24) is 9.88 Å². The molecule has 4 rings (SSSR count). The third kappa shape index (κ3) is 6.30. The molecule has 2 aromatic rings. The summed E-state index contributed by atoms with van der Waals surface area (Å²) < 4.78 is 25.5. The predicted molar refractivity (Wildman–Crippen MR) is 130 cm³/mol. The molecule has 0 radical (unpaired) electrons. The van der Waals surface area contributed by atoms with Crippen LogP contribution in [0.1, 0.15) is 82.0 Å². The lowest BCUT2D eigenvalue weighted by Crippen LogP contribution is -2.46. The summed E-state index contributed by atoms with van der Waals surface area (Å²) in [6, 6.07) is 12.1. The number of nitriles is 1. The molecular formula is C28H34FN3O3. The number of carbonyl (C=O) groups excluding carboxylic acids is 1. The Balaban J connectivity index is 1.30. The molecule has 6 nitrogen and oxygen atoms in total. The van der Waals surface area contributed by atoms with Crippen molar-refractivity contribution >= 4 is 6.09 Å². The molecular weight excluding hydrogens is 445 g/mol. The van der Waals surface area contributed by atoms with Crippen LogP contribution in [0.5, 0.6) is 5.88 Å². The van der Waals surface area contributed by atoms with E-state index in [0.29, 0.717) is 22.8 Å². The first-order valence-electron chi connectivity index (χ1n) is 12.4. The maximum atomic E-state index is 14.1. The van der Waals surface area contributed by atoms with Crippen molar-refractivity contribution in [3.8, 4) is 11.9 Å². The van der Waals surface area contributed by atoms with Crippen LogP contribution in [0.15, 0.2) is 36.4 Å². The number of piperidine rings is 1. The molecule has 1 saturated heterocycles. The number of halogens is 1. The van der Waals surface area contributed by atoms with E-state index in [-0.39, 0.29) is 18.3 Å². The average Bonchev–Trinajstić information content (AvgIpc) is 2.83. The van der Waals surface area contributed by atoms with E-state index >= 15 is 0 Å². The fraction of sp³-hybridized carbons (Fsp3) is 0.536. The lowest BCUT2D eigenvalue weighted by atomic mass is 9.65. The molecule has 1 aromatic carbocycles. The second kappa shape index (κ2) is 10.2. The number of amides is 1. The Morgan fingerprint density at radius 2 is 1.89 bits per heavy atom. The van der Waals surface area contributed by atoms with Crippen LogP contribution in [0.4, 0.5) is 9.18 Å². The Bertz CT molecular complexity index is 1090. The molecule has 0 bridgehead atoms. The van der Waals surface area contributed by atoms with Gasteiger partial charge < -0.3 is 14.4 Å². The van der Waals surface area contributed by atoms with Gasteiger partial charge in [-0.05, 0) is 82.9 Å². The summed E-state index contributed by atoms with van der Waals surface area (Å²) in [5.41, 5.74) is 1.54. The van der Waals surface area contributed by atoms with E-state index in [1.165, 1.54) is 6.07 Å². The van der Waals surface area contributed by atoms with E-state index in [4.69, 9.17) is 19.7 Å². The Morgan fingerprint density at radius 3 is 2.51 bits per heavy atom. The van der Waals surface area contributed by atoms with E-state index in [2.05, 4.69) is 0 Å². The number of ether oxygens (including phenoxy) is 2. The first kappa shape index (κ1) is 25.0. The molecule has 186 valence electrons. The standard InChI is InChI=1S/C28H34FN3O3/c1-27(2,3)35-26(33)32-15-13-28(14-16-32)11-9-21(10-12-28)24-5-4-6-25(31-24)34-19-22-8-7-20(18-30)17-23(22)29/h4-8,17,21H,9-16,19H2,1-3H3. The van der Waals surface area contributed by atoms with E-state index in [1.54, 1.807) is 18.2 Å². The van der Waals surface area contributed by atoms with Gasteiger partial charge in [-0.1, -0.05) is 12.1 Å². The minimum atomic E-state index is -0.467. The quantitative estimate of drug-likeness (QED) is 0.511. The van der Waals surface area contributed by atoms with Crippen molar-refractivity contribution in [2.45, 2.75) is 77.4 Å². The van der Waals surface area contributed by atoms with Gasteiger partial charge in [-0.25, -0.2) is 14.2 Å². The number of aromatic nitrogens is 1. The van der Waals surface area contributed by atoms with Crippen LogP contribution in [-0.4, -0.2) is 34.7 Å². The highest BCUT2D eigenvalue weighted by Crippen LogP contribution is 2.48. The van der Waals surface area contributed by atoms with Gasteiger partial charge in [0.2, 0.25) is 5.88 Å². The molecule has 1 saturated carbocycles. The zero-order chi connectivity index (χ0) is 25.1. The maximum absolute atomic E-state index is 14.1. The molecule has 2 aliphatic rings. The minimum Gasteiger partial charge on any atom is -0.473 e. The van der Waals surface area contributed by atoms with Crippen LogP contribution in [0.2, 0.25) is 0 Å². The molecule has 2 fully saturated rings. The lowest BCUT2D eigenvalue weighted by molar-refractivity contribution is 0.00339. The van der Waals surface area contributed by atoms with E-state index in [1.807, 2.05) is 43.9 Å². The lowest BCUT2D eigenvalue weighted by Gasteiger charge is -2.45. The van der Waals surface area contributed by atoms with Crippen LogP contribution in [0, 0.1) is 22.6 Å². The number of hydrogen-bond acceptors (Lipinski definition) is 5. The number of benzene rings is 1. The molecule has 0 N–H and O–H groups in total. The molecule has 1 aliphatic heterocycles. The normalized spacial score (nSPS) is 18.2. The van der Waals surface area contributed by atoms with Crippen molar-refractivity contribution < 1.29 is 18.7 Å². The van der Waals surface area contributed by atoms with E-state index in [9.17, 15) is 9.18 Å². The summed E-state index contributed by atoms with van der Waals surface area (Å²) in [6.07, 6.45) is 6.21. The van der Waals surface area contributed by atoms with Gasteiger partial charge in [0, 0.05) is 36.3 Å². The maximum Gasteiger partial charge on any atom is 0.410 e. The topological polar surface area (TPSA) is 75.4 Å². The van der Waals surface area contributed by atoms with Gasteiger partial charge in [0.25, 0.3) is 0 Å². The zero-order valence-electron chi connectivity index (χ0n) is 20.8. The van der Waals surface area contributed by atoms with Crippen LogP contribution in [-0.2, 0) is 11.3 Å². The fourth-order valence-electron chi connectivity index (χ4n) is 5.14. The molecule has 2 heterocycles.